The summed E-state index contributed by atoms with van der Waals surface area (Å²) in [6, 6.07) is 4.06. The van der Waals surface area contributed by atoms with E-state index in [1.165, 1.54) is 0 Å². The Morgan fingerprint density at radius 2 is 1.93 bits per heavy atom. The first-order chi connectivity index (χ1) is 14.5. The van der Waals surface area contributed by atoms with Crippen molar-refractivity contribution < 1.29 is 14.3 Å². The van der Waals surface area contributed by atoms with E-state index >= 15 is 0 Å². The number of carbonyl (C=O) groups excluding carboxylic acids is 1. The number of pyridine rings is 1. The molecule has 0 saturated carbocycles. The van der Waals surface area contributed by atoms with Gasteiger partial charge in [0, 0.05) is 25.8 Å². The number of fused-ring (bicyclic) bond motifs is 1. The third kappa shape index (κ3) is 5.44. The molecule has 0 radical (unpaired) electrons. The van der Waals surface area contributed by atoms with Crippen molar-refractivity contribution in [2.75, 3.05) is 31.6 Å². The second-order valence-corrected chi connectivity index (χ2v) is 7.89. The van der Waals surface area contributed by atoms with E-state index in [1.54, 1.807) is 20.2 Å². The van der Waals surface area contributed by atoms with Crippen molar-refractivity contribution in [1.29, 1.82) is 0 Å². The van der Waals surface area contributed by atoms with Gasteiger partial charge in [-0.25, -0.2) is 9.97 Å². The van der Waals surface area contributed by atoms with Crippen LogP contribution in [0.3, 0.4) is 0 Å². The third-order valence-corrected chi connectivity index (χ3v) is 5.27. The molecule has 2 aliphatic rings. The highest BCUT2D eigenvalue weighted by atomic mass is 16.5. The Balaban J connectivity index is 0.000000377. The van der Waals surface area contributed by atoms with Crippen LogP contribution in [0.5, 0.6) is 5.88 Å². The van der Waals surface area contributed by atoms with Crippen LogP contribution < -0.4 is 9.64 Å². The zero-order valence-electron chi connectivity index (χ0n) is 18.2. The molecular weight excluding hydrogens is 382 g/mol. The highest BCUT2D eigenvalue weighted by Gasteiger charge is 2.29. The van der Waals surface area contributed by atoms with Gasteiger partial charge in [0.05, 0.1) is 23.0 Å². The van der Waals surface area contributed by atoms with Crippen LogP contribution >= 0.6 is 0 Å². The lowest BCUT2D eigenvalue weighted by Gasteiger charge is -2.29. The Bertz CT molecular complexity index is 837. The van der Waals surface area contributed by atoms with Crippen LogP contribution in [-0.4, -0.2) is 65.2 Å². The maximum atomic E-state index is 9.39. The maximum absolute atomic E-state index is 9.39. The standard InChI is InChI=1S/C18H23N5O.C4H8O2/c1-13-16(4-3-8-19-13)23-11-7-15-17(23)20-12-21-18(15)24-14-5-9-22(2)10-6-14;1-4(2)6-3-5/h3-4,8,12,14H,5-7,9-11H2,1-2H3;3-4H,1-2H3. The van der Waals surface area contributed by atoms with Gasteiger partial charge in [-0.2, -0.15) is 0 Å². The number of anilines is 2. The Morgan fingerprint density at radius 1 is 1.17 bits per heavy atom. The van der Waals surface area contributed by atoms with Crippen LogP contribution in [0, 0.1) is 6.92 Å². The van der Waals surface area contributed by atoms with E-state index in [2.05, 4.69) is 42.6 Å². The Kier molecular flexibility index (Phi) is 7.57. The highest BCUT2D eigenvalue weighted by molar-refractivity contribution is 5.69. The quantitative estimate of drug-likeness (QED) is 0.692. The van der Waals surface area contributed by atoms with E-state index in [0.717, 1.165) is 67.5 Å². The lowest BCUT2D eigenvalue weighted by atomic mass is 10.1. The van der Waals surface area contributed by atoms with Crippen LogP contribution in [0.1, 0.15) is 37.9 Å². The minimum Gasteiger partial charge on any atom is -0.474 e. The summed E-state index contributed by atoms with van der Waals surface area (Å²) in [5, 5.41) is 0. The molecule has 8 heteroatoms. The smallest absolute Gasteiger partial charge is 0.293 e. The summed E-state index contributed by atoms with van der Waals surface area (Å²) in [7, 11) is 2.16. The van der Waals surface area contributed by atoms with E-state index < -0.39 is 0 Å². The Labute approximate surface area is 178 Å². The molecule has 2 aliphatic heterocycles. The summed E-state index contributed by atoms with van der Waals surface area (Å²) in [5.41, 5.74) is 3.25. The SMILES string of the molecule is CC(C)OC=O.Cc1ncccc1N1CCc2c(OC3CCN(C)CC3)ncnc21. The van der Waals surface area contributed by atoms with E-state index in [4.69, 9.17) is 4.74 Å². The summed E-state index contributed by atoms with van der Waals surface area (Å²) in [4.78, 5) is 27.3. The van der Waals surface area contributed by atoms with Crippen LogP contribution in [0.2, 0.25) is 0 Å². The lowest BCUT2D eigenvalue weighted by molar-refractivity contribution is -0.131. The highest BCUT2D eigenvalue weighted by Crippen LogP contribution is 2.37. The number of likely N-dealkylation sites (tertiary alicyclic amines) is 1. The zero-order valence-corrected chi connectivity index (χ0v) is 18.2. The summed E-state index contributed by atoms with van der Waals surface area (Å²) in [5.74, 6) is 1.72. The van der Waals surface area contributed by atoms with Gasteiger partial charge in [0.15, 0.2) is 0 Å². The normalized spacial score (nSPS) is 16.6. The molecule has 2 aromatic heterocycles. The predicted octanol–water partition coefficient (Wildman–Crippen LogP) is 2.92. The molecule has 30 heavy (non-hydrogen) atoms. The fraction of sp³-hybridized carbons (Fsp3) is 0.545. The van der Waals surface area contributed by atoms with Gasteiger partial charge in [0.25, 0.3) is 6.47 Å². The number of hydrogen-bond donors (Lipinski definition) is 0. The van der Waals surface area contributed by atoms with Crippen molar-refractivity contribution in [2.24, 2.45) is 0 Å². The van der Waals surface area contributed by atoms with Crippen molar-refractivity contribution >= 4 is 18.0 Å². The summed E-state index contributed by atoms with van der Waals surface area (Å²) < 4.78 is 10.6. The molecule has 0 amide bonds. The minimum atomic E-state index is 0.0301. The number of aryl methyl sites for hydroxylation is 1. The Morgan fingerprint density at radius 3 is 2.57 bits per heavy atom. The van der Waals surface area contributed by atoms with Crippen LogP contribution in [0.25, 0.3) is 0 Å². The van der Waals surface area contributed by atoms with Crippen molar-refractivity contribution in [3.63, 3.8) is 0 Å². The van der Waals surface area contributed by atoms with Gasteiger partial charge < -0.3 is 19.3 Å². The van der Waals surface area contributed by atoms with E-state index in [1.807, 2.05) is 19.2 Å². The molecule has 1 saturated heterocycles. The number of ether oxygens (including phenoxy) is 2. The summed E-state index contributed by atoms with van der Waals surface area (Å²) >= 11 is 0. The first-order valence-corrected chi connectivity index (χ1v) is 10.5. The van der Waals surface area contributed by atoms with E-state index in [-0.39, 0.29) is 12.2 Å². The largest absolute Gasteiger partial charge is 0.474 e. The van der Waals surface area contributed by atoms with Crippen LogP contribution in [-0.2, 0) is 16.0 Å². The molecule has 0 atom stereocenters. The monoisotopic (exact) mass is 413 g/mol. The molecule has 162 valence electrons. The summed E-state index contributed by atoms with van der Waals surface area (Å²) in [6.07, 6.45) is 6.75. The van der Waals surface area contributed by atoms with Crippen LogP contribution in [0.15, 0.2) is 24.7 Å². The number of hydrogen-bond acceptors (Lipinski definition) is 8. The molecule has 0 spiro atoms. The van der Waals surface area contributed by atoms with Gasteiger partial charge >= 0.3 is 0 Å². The molecule has 4 heterocycles. The number of aromatic nitrogens is 3. The molecule has 1 fully saturated rings. The third-order valence-electron chi connectivity index (χ3n) is 5.27. The van der Waals surface area contributed by atoms with Crippen molar-refractivity contribution in [2.45, 2.75) is 52.2 Å². The van der Waals surface area contributed by atoms with Gasteiger partial charge in [-0.05, 0) is 59.2 Å². The van der Waals surface area contributed by atoms with Crippen molar-refractivity contribution in [3.8, 4) is 5.88 Å². The van der Waals surface area contributed by atoms with Crippen LogP contribution in [0.4, 0.5) is 11.5 Å². The second-order valence-electron chi connectivity index (χ2n) is 7.89. The van der Waals surface area contributed by atoms with E-state index in [9.17, 15) is 4.79 Å². The zero-order chi connectivity index (χ0) is 21.5. The molecule has 0 bridgehead atoms. The maximum Gasteiger partial charge on any atom is 0.293 e. The summed E-state index contributed by atoms with van der Waals surface area (Å²) in [6.45, 7) is 9.14. The molecule has 0 N–H and O–H groups in total. The molecule has 2 aromatic rings. The molecule has 8 nitrogen and oxygen atoms in total. The average molecular weight is 414 g/mol. The van der Waals surface area contributed by atoms with Gasteiger partial charge in [-0.3, -0.25) is 9.78 Å². The number of piperidine rings is 1. The molecule has 4 rings (SSSR count). The number of rotatable bonds is 5. The fourth-order valence-electron chi connectivity index (χ4n) is 3.64. The molecule has 0 aromatic carbocycles. The second kappa shape index (κ2) is 10.3. The molecular formula is C22H31N5O3. The van der Waals surface area contributed by atoms with Crippen molar-refractivity contribution in [3.05, 3.63) is 35.9 Å². The molecule has 0 unspecified atom stereocenters. The average Bonchev–Trinajstić information content (AvgIpc) is 3.15. The lowest BCUT2D eigenvalue weighted by Crippen LogP contribution is -2.35. The number of nitrogens with zero attached hydrogens (tertiary/aromatic N) is 5. The minimum absolute atomic E-state index is 0.0301. The predicted molar refractivity (Wildman–Crippen MR) is 115 cm³/mol. The first-order valence-electron chi connectivity index (χ1n) is 10.5. The molecule has 0 aliphatic carbocycles. The first kappa shape index (κ1) is 22.0. The van der Waals surface area contributed by atoms with Gasteiger partial charge in [-0.1, -0.05) is 0 Å². The van der Waals surface area contributed by atoms with Gasteiger partial charge in [0.2, 0.25) is 5.88 Å². The number of carbonyl (C=O) groups is 1. The topological polar surface area (TPSA) is 80.7 Å². The fourth-order valence-corrected chi connectivity index (χ4v) is 3.64. The Hall–Kier alpha value is -2.74. The van der Waals surface area contributed by atoms with Gasteiger partial charge in [-0.15, -0.1) is 0 Å². The van der Waals surface area contributed by atoms with E-state index in [0.29, 0.717) is 6.47 Å². The van der Waals surface area contributed by atoms with Gasteiger partial charge in [0.1, 0.15) is 18.2 Å². The van der Waals surface area contributed by atoms with Crippen molar-refractivity contribution in [1.82, 2.24) is 19.9 Å².